The third-order valence-electron chi connectivity index (χ3n) is 2.48. The summed E-state index contributed by atoms with van der Waals surface area (Å²) in [5, 5.41) is 4.29. The van der Waals surface area contributed by atoms with Gasteiger partial charge in [-0.15, -0.1) is 0 Å². The second-order valence-corrected chi connectivity index (χ2v) is 5.37. The maximum atomic E-state index is 12.1. The average Bonchev–Trinajstić information content (AvgIpc) is 2.71. The third-order valence-corrected chi connectivity index (χ3v) is 3.52. The molecule has 0 saturated heterocycles. The molecule has 2 rings (SSSR count). The van der Waals surface area contributed by atoms with Crippen LogP contribution in [0.25, 0.3) is 0 Å². The first-order valence-electron chi connectivity index (χ1n) is 5.46. The molecule has 6 heteroatoms. The van der Waals surface area contributed by atoms with E-state index in [1.165, 1.54) is 16.7 Å². The Hall–Kier alpha value is -1.20. The van der Waals surface area contributed by atoms with E-state index in [1.807, 2.05) is 13.0 Å². The van der Waals surface area contributed by atoms with Crippen LogP contribution >= 0.6 is 23.4 Å². The number of allylic oxidation sites excluding steroid dienone is 3. The Bertz CT molecular complexity index is 471. The number of oxime groups is 1. The zero-order valence-corrected chi connectivity index (χ0v) is 11.5. The van der Waals surface area contributed by atoms with E-state index in [2.05, 4.69) is 11.7 Å². The van der Waals surface area contributed by atoms with Gasteiger partial charge in [-0.2, -0.15) is 0 Å². The van der Waals surface area contributed by atoms with E-state index in [-0.39, 0.29) is 5.24 Å². The number of carbonyl (C=O) groups excluding carboxylic acids is 1. The first-order valence-corrected chi connectivity index (χ1v) is 6.82. The van der Waals surface area contributed by atoms with Crippen LogP contribution in [0.5, 0.6) is 0 Å². The summed E-state index contributed by atoms with van der Waals surface area (Å²) in [7, 11) is 0. The quantitative estimate of drug-likeness (QED) is 0.740. The Morgan fingerprint density at radius 3 is 3.11 bits per heavy atom. The molecule has 1 amide bonds. The highest BCUT2D eigenvalue weighted by atomic mass is 35.5. The van der Waals surface area contributed by atoms with Crippen molar-refractivity contribution in [2.45, 2.75) is 19.6 Å². The van der Waals surface area contributed by atoms with E-state index >= 15 is 0 Å². The number of carbonyl (C=O) groups is 1. The van der Waals surface area contributed by atoms with Gasteiger partial charge in [0, 0.05) is 22.9 Å². The Morgan fingerprint density at radius 2 is 2.44 bits per heavy atom. The van der Waals surface area contributed by atoms with Crippen LogP contribution in [0, 0.1) is 0 Å². The maximum absolute atomic E-state index is 12.1. The zero-order chi connectivity index (χ0) is 13.1. The largest absolute Gasteiger partial charge is 0.370 e. The number of halogens is 1. The Kier molecular flexibility index (Phi) is 4.14. The monoisotopic (exact) mass is 284 g/mol. The first kappa shape index (κ1) is 13.2. The van der Waals surface area contributed by atoms with Gasteiger partial charge >= 0.3 is 0 Å². The third kappa shape index (κ3) is 2.97. The van der Waals surface area contributed by atoms with Gasteiger partial charge in [0.2, 0.25) is 6.23 Å². The van der Waals surface area contributed by atoms with Crippen molar-refractivity contribution in [3.05, 3.63) is 35.5 Å². The SMILES string of the molecule is C=C1/C=C(Cl)\C=C/CSC(=O)N1C1CC(C)=NO1. The summed E-state index contributed by atoms with van der Waals surface area (Å²) < 4.78 is 0. The minimum Gasteiger partial charge on any atom is -0.370 e. The minimum absolute atomic E-state index is 0.109. The molecule has 1 unspecified atom stereocenters. The van der Waals surface area contributed by atoms with Crippen LogP contribution in [0.15, 0.2) is 40.7 Å². The fraction of sp³-hybridized carbons (Fsp3) is 0.333. The zero-order valence-electron chi connectivity index (χ0n) is 9.93. The highest BCUT2D eigenvalue weighted by molar-refractivity contribution is 8.13. The molecular formula is C12H13ClN2O2S. The van der Waals surface area contributed by atoms with Crippen LogP contribution in [-0.2, 0) is 4.84 Å². The van der Waals surface area contributed by atoms with Crippen molar-refractivity contribution in [2.24, 2.45) is 5.16 Å². The molecule has 2 heterocycles. The fourth-order valence-corrected chi connectivity index (χ4v) is 2.59. The van der Waals surface area contributed by atoms with Gasteiger partial charge in [-0.3, -0.25) is 9.69 Å². The number of hydrogen-bond donors (Lipinski definition) is 0. The summed E-state index contributed by atoms with van der Waals surface area (Å²) in [6.45, 7) is 5.74. The van der Waals surface area contributed by atoms with Crippen molar-refractivity contribution >= 4 is 34.3 Å². The second-order valence-electron chi connectivity index (χ2n) is 3.96. The van der Waals surface area contributed by atoms with Crippen molar-refractivity contribution in [3.8, 4) is 0 Å². The van der Waals surface area contributed by atoms with Crippen molar-refractivity contribution in [2.75, 3.05) is 5.75 Å². The van der Waals surface area contributed by atoms with Gasteiger partial charge in [-0.1, -0.05) is 41.2 Å². The average molecular weight is 285 g/mol. The van der Waals surface area contributed by atoms with E-state index in [9.17, 15) is 4.79 Å². The summed E-state index contributed by atoms with van der Waals surface area (Å²) in [6.07, 6.45) is 5.42. The van der Waals surface area contributed by atoms with E-state index in [0.29, 0.717) is 22.9 Å². The number of rotatable bonds is 1. The molecular weight excluding hydrogens is 272 g/mol. The molecule has 0 aromatic carbocycles. The standard InChI is InChI=1S/C12H13ClN2O2S/c1-8-6-11(17-14-8)15-9(2)7-10(13)4-3-5-18-12(15)16/h3-4,7,11H,2,5-6H2,1H3/b4-3-,10-7+. The highest BCUT2D eigenvalue weighted by Crippen LogP contribution is 2.26. The summed E-state index contributed by atoms with van der Waals surface area (Å²) in [4.78, 5) is 18.9. The summed E-state index contributed by atoms with van der Waals surface area (Å²) >= 11 is 7.19. The molecule has 1 atom stereocenters. The van der Waals surface area contributed by atoms with Gasteiger partial charge in [0.1, 0.15) is 0 Å². The fourth-order valence-electron chi connectivity index (χ4n) is 1.66. The predicted octanol–water partition coefficient (Wildman–Crippen LogP) is 3.47. The van der Waals surface area contributed by atoms with Crippen LogP contribution in [0.2, 0.25) is 0 Å². The van der Waals surface area contributed by atoms with E-state index < -0.39 is 6.23 Å². The van der Waals surface area contributed by atoms with Gasteiger partial charge in [-0.05, 0) is 19.1 Å². The lowest BCUT2D eigenvalue weighted by Crippen LogP contribution is -2.36. The summed E-state index contributed by atoms with van der Waals surface area (Å²) in [5.74, 6) is 0.569. The van der Waals surface area contributed by atoms with Crippen molar-refractivity contribution < 1.29 is 9.63 Å². The molecule has 4 nitrogen and oxygen atoms in total. The number of hydrogen-bond acceptors (Lipinski definition) is 4. The molecule has 0 fully saturated rings. The van der Waals surface area contributed by atoms with Crippen molar-refractivity contribution in [3.63, 3.8) is 0 Å². The van der Waals surface area contributed by atoms with Crippen LogP contribution in [-0.4, -0.2) is 27.8 Å². The highest BCUT2D eigenvalue weighted by Gasteiger charge is 2.31. The number of amides is 1. The molecule has 0 aromatic rings. The summed E-state index contributed by atoms with van der Waals surface area (Å²) in [5.41, 5.74) is 1.37. The maximum Gasteiger partial charge on any atom is 0.289 e. The molecule has 0 N–H and O–H groups in total. The van der Waals surface area contributed by atoms with Crippen LogP contribution in [0.4, 0.5) is 4.79 Å². The number of nitrogens with zero attached hydrogens (tertiary/aromatic N) is 2. The Balaban J connectivity index is 2.22. The van der Waals surface area contributed by atoms with Crippen LogP contribution in [0.3, 0.4) is 0 Å². The molecule has 18 heavy (non-hydrogen) atoms. The van der Waals surface area contributed by atoms with Crippen LogP contribution < -0.4 is 0 Å². The van der Waals surface area contributed by atoms with E-state index in [1.54, 1.807) is 12.2 Å². The van der Waals surface area contributed by atoms with Gasteiger partial charge in [0.05, 0.1) is 5.71 Å². The lowest BCUT2D eigenvalue weighted by atomic mass is 10.2. The molecule has 96 valence electrons. The van der Waals surface area contributed by atoms with Gasteiger partial charge in [-0.25, -0.2) is 0 Å². The molecule has 0 aliphatic carbocycles. The van der Waals surface area contributed by atoms with Gasteiger partial charge in [0.25, 0.3) is 5.24 Å². The van der Waals surface area contributed by atoms with E-state index in [4.69, 9.17) is 16.4 Å². The number of thioether (sulfide) groups is 1. The molecule has 0 spiro atoms. The predicted molar refractivity (Wildman–Crippen MR) is 74.5 cm³/mol. The topological polar surface area (TPSA) is 41.9 Å². The smallest absolute Gasteiger partial charge is 0.289 e. The lowest BCUT2D eigenvalue weighted by molar-refractivity contribution is 0.00850. The van der Waals surface area contributed by atoms with E-state index in [0.717, 1.165) is 5.71 Å². The van der Waals surface area contributed by atoms with Crippen LogP contribution in [0.1, 0.15) is 13.3 Å². The molecule has 0 aromatic heterocycles. The second kappa shape index (κ2) is 5.63. The Labute approximate surface area is 115 Å². The van der Waals surface area contributed by atoms with Crippen molar-refractivity contribution in [1.82, 2.24) is 4.90 Å². The van der Waals surface area contributed by atoms with Gasteiger partial charge < -0.3 is 4.84 Å². The first-order chi connectivity index (χ1) is 8.58. The lowest BCUT2D eigenvalue weighted by Gasteiger charge is -2.26. The van der Waals surface area contributed by atoms with Crippen molar-refractivity contribution in [1.29, 1.82) is 0 Å². The summed E-state index contributed by atoms with van der Waals surface area (Å²) in [6, 6.07) is 0. The van der Waals surface area contributed by atoms with Gasteiger partial charge in [0.15, 0.2) is 0 Å². The molecule has 0 radical (unpaired) electrons. The Morgan fingerprint density at radius 1 is 1.67 bits per heavy atom. The molecule has 2 aliphatic heterocycles. The molecule has 2 aliphatic rings. The molecule has 0 saturated carbocycles. The molecule has 0 bridgehead atoms. The minimum atomic E-state index is -0.420. The normalized spacial score (nSPS) is 29.7.